The fraction of sp³-hybridized carbons (Fsp3) is 0.364. The van der Waals surface area contributed by atoms with E-state index in [2.05, 4.69) is 59.9 Å². The number of hydrogen-bond donors (Lipinski definition) is 4. The molecule has 316 valence electrons. The van der Waals surface area contributed by atoms with Gasteiger partial charge in [0.15, 0.2) is 5.82 Å². The Morgan fingerprint density at radius 1 is 0.869 bits per heavy atom. The first-order valence-corrected chi connectivity index (χ1v) is 20.8. The van der Waals surface area contributed by atoms with Crippen molar-refractivity contribution >= 4 is 58.1 Å². The predicted molar refractivity (Wildman–Crippen MR) is 231 cm³/mol. The predicted octanol–water partition coefficient (Wildman–Crippen LogP) is 4.87. The molecule has 0 saturated carbocycles. The molecule has 3 fully saturated rings. The molecule has 4 aliphatic rings. The standard InChI is InChI=1S/C44H49FN12O4/c1-27-33(43(60)49-36-25-52(2)26-47-36)8-9-34(39(27)45)40-38(41(46)59)42-48-35-10-7-32(23-29(35)13-18-57(42)51-40)55-21-19-53(20-22-55)24-28-11-15-54(16-12-28)30-3-5-31(6-4-30)56-17-14-37(58)50-44(56)61/h3-10,23,25-26,28,48H,11-22,24H2,1-2H3,(H2,46,59)(H,49,60)(H,50,58,61). The van der Waals surface area contributed by atoms with E-state index in [0.717, 1.165) is 87.0 Å². The van der Waals surface area contributed by atoms with Crippen molar-refractivity contribution in [2.45, 2.75) is 39.2 Å². The van der Waals surface area contributed by atoms with Crippen molar-refractivity contribution in [2.24, 2.45) is 18.7 Å². The maximum atomic E-state index is 16.0. The lowest BCUT2D eigenvalue weighted by molar-refractivity contribution is -0.120. The average Bonchev–Trinajstić information content (AvgIpc) is 3.78. The maximum absolute atomic E-state index is 16.0. The number of rotatable bonds is 9. The Bertz CT molecular complexity index is 2520. The van der Waals surface area contributed by atoms with E-state index in [4.69, 9.17) is 10.8 Å². The van der Waals surface area contributed by atoms with E-state index in [9.17, 15) is 19.2 Å². The Hall–Kier alpha value is -6.75. The lowest BCUT2D eigenvalue weighted by atomic mass is 9.95. The van der Waals surface area contributed by atoms with E-state index < -0.39 is 17.6 Å². The number of urea groups is 1. The minimum absolute atomic E-state index is 0.0810. The van der Waals surface area contributed by atoms with Gasteiger partial charge in [-0.1, -0.05) is 0 Å². The topological polar surface area (TPSA) is 179 Å². The van der Waals surface area contributed by atoms with E-state index in [1.54, 1.807) is 33.7 Å². The van der Waals surface area contributed by atoms with Crippen molar-refractivity contribution in [1.29, 1.82) is 0 Å². The highest BCUT2D eigenvalue weighted by atomic mass is 19.1. The smallest absolute Gasteiger partial charge is 0.328 e. The quantitative estimate of drug-likeness (QED) is 0.160. The average molecular weight is 829 g/mol. The lowest BCUT2D eigenvalue weighted by Gasteiger charge is -2.40. The summed E-state index contributed by atoms with van der Waals surface area (Å²) in [5.41, 5.74) is 11.5. The van der Waals surface area contributed by atoms with Crippen molar-refractivity contribution < 1.29 is 23.6 Å². The molecule has 9 rings (SSSR count). The summed E-state index contributed by atoms with van der Waals surface area (Å²) in [6, 6.07) is 17.0. The molecule has 2 aromatic heterocycles. The van der Waals surface area contributed by atoms with Gasteiger partial charge in [0, 0.05) is 112 Å². The van der Waals surface area contributed by atoms with Crippen LogP contribution >= 0.6 is 0 Å². The van der Waals surface area contributed by atoms with Crippen LogP contribution < -0.4 is 36.4 Å². The highest BCUT2D eigenvalue weighted by Gasteiger charge is 2.30. The number of hydrogen-bond acceptors (Lipinski definition) is 10. The summed E-state index contributed by atoms with van der Waals surface area (Å²) in [6.07, 6.45) is 6.39. The van der Waals surface area contributed by atoms with Crippen LogP contribution in [-0.4, -0.2) is 100 Å². The molecule has 4 aliphatic heterocycles. The molecule has 0 spiro atoms. The summed E-state index contributed by atoms with van der Waals surface area (Å²) in [4.78, 5) is 62.9. The number of aryl methyl sites for hydroxylation is 3. The molecular formula is C44H49FN12O4. The van der Waals surface area contributed by atoms with Gasteiger partial charge >= 0.3 is 6.03 Å². The SMILES string of the molecule is Cc1c(C(=O)Nc2cn(C)cn2)ccc(-c2nn3c(c2C(N)=O)Nc2ccc(N4CCN(CC5CCN(c6ccc(N7CCC(=O)NC7=O)cc6)CC5)CC4)cc2CC3)c1F. The molecule has 0 radical (unpaired) electrons. The second-order valence-electron chi connectivity index (χ2n) is 16.3. The monoisotopic (exact) mass is 828 g/mol. The highest BCUT2D eigenvalue weighted by molar-refractivity contribution is 6.07. The van der Waals surface area contributed by atoms with Crippen LogP contribution in [-0.2, 0) is 24.8 Å². The number of nitrogens with two attached hydrogens (primary N) is 1. The molecule has 0 aliphatic carbocycles. The van der Waals surface area contributed by atoms with Gasteiger partial charge in [-0.2, -0.15) is 5.10 Å². The van der Waals surface area contributed by atoms with Gasteiger partial charge in [-0.05, 0) is 97.8 Å². The fourth-order valence-electron chi connectivity index (χ4n) is 8.99. The Kier molecular flexibility index (Phi) is 10.7. The van der Waals surface area contributed by atoms with Crippen LogP contribution in [0.1, 0.15) is 51.1 Å². The fourth-order valence-corrected chi connectivity index (χ4v) is 8.99. The third-order valence-electron chi connectivity index (χ3n) is 12.4. The Labute approximate surface area is 352 Å². The zero-order chi connectivity index (χ0) is 42.4. The first kappa shape index (κ1) is 39.7. The van der Waals surface area contributed by atoms with Crippen molar-refractivity contribution in [3.63, 3.8) is 0 Å². The number of nitrogens with zero attached hydrogens (tertiary/aromatic N) is 8. The zero-order valence-corrected chi connectivity index (χ0v) is 34.3. The number of carbonyl (C=O) groups is 4. The molecule has 17 heteroatoms. The van der Waals surface area contributed by atoms with Gasteiger partial charge in [-0.3, -0.25) is 29.5 Å². The molecule has 0 unspecified atom stereocenters. The Morgan fingerprint density at radius 3 is 2.30 bits per heavy atom. The second kappa shape index (κ2) is 16.4. The number of imide groups is 1. The minimum Gasteiger partial charge on any atom is -0.372 e. The lowest BCUT2D eigenvalue weighted by Crippen LogP contribution is -2.49. The Balaban J connectivity index is 0.800. The molecule has 5 aromatic rings. The Morgan fingerprint density at radius 2 is 1.59 bits per heavy atom. The molecule has 3 saturated heterocycles. The van der Waals surface area contributed by atoms with Crippen LogP contribution in [0.25, 0.3) is 11.3 Å². The molecule has 0 bridgehead atoms. The number of amides is 5. The highest BCUT2D eigenvalue weighted by Crippen LogP contribution is 2.38. The minimum atomic E-state index is -0.738. The van der Waals surface area contributed by atoms with E-state index in [1.807, 2.05) is 18.2 Å². The van der Waals surface area contributed by atoms with Gasteiger partial charge in [0.1, 0.15) is 22.9 Å². The summed E-state index contributed by atoms with van der Waals surface area (Å²) in [5, 5.41) is 13.2. The number of nitrogens with one attached hydrogen (secondary N) is 3. The van der Waals surface area contributed by atoms with E-state index in [0.29, 0.717) is 43.5 Å². The molecule has 0 atom stereocenters. The van der Waals surface area contributed by atoms with Gasteiger partial charge in [0.2, 0.25) is 5.91 Å². The van der Waals surface area contributed by atoms with Crippen molar-refractivity contribution in [3.05, 3.63) is 95.2 Å². The number of carbonyl (C=O) groups excluding carboxylic acids is 4. The van der Waals surface area contributed by atoms with Crippen LogP contribution in [0, 0.1) is 18.7 Å². The molecule has 3 aromatic carbocycles. The van der Waals surface area contributed by atoms with Crippen molar-refractivity contribution in [1.82, 2.24) is 29.5 Å². The number of aromatic nitrogens is 4. The number of primary amides is 1. The molecule has 5 N–H and O–H groups in total. The van der Waals surface area contributed by atoms with E-state index >= 15 is 4.39 Å². The van der Waals surface area contributed by atoms with Gasteiger partial charge < -0.3 is 30.7 Å². The number of piperidine rings is 1. The summed E-state index contributed by atoms with van der Waals surface area (Å²) < 4.78 is 19.4. The number of imidazole rings is 1. The van der Waals surface area contributed by atoms with E-state index in [1.165, 1.54) is 19.1 Å². The normalized spacial score (nSPS) is 17.3. The summed E-state index contributed by atoms with van der Waals surface area (Å²) in [7, 11) is 1.78. The molecule has 6 heterocycles. The largest absolute Gasteiger partial charge is 0.372 e. The molecule has 16 nitrogen and oxygen atoms in total. The number of benzene rings is 3. The summed E-state index contributed by atoms with van der Waals surface area (Å²) in [6.45, 7) is 9.24. The molecule has 61 heavy (non-hydrogen) atoms. The maximum Gasteiger partial charge on any atom is 0.328 e. The number of fused-ring (bicyclic) bond motifs is 2. The second-order valence-corrected chi connectivity index (χ2v) is 16.3. The van der Waals surface area contributed by atoms with Crippen LogP contribution in [0.5, 0.6) is 0 Å². The van der Waals surface area contributed by atoms with E-state index in [-0.39, 0.29) is 39.9 Å². The first-order valence-electron chi connectivity index (χ1n) is 20.8. The third kappa shape index (κ3) is 8.00. The van der Waals surface area contributed by atoms with Gasteiger partial charge in [-0.25, -0.2) is 18.9 Å². The number of anilines is 6. The molecule has 5 amide bonds. The summed E-state index contributed by atoms with van der Waals surface area (Å²) in [5.74, 6) is -0.742. The van der Waals surface area contributed by atoms with Crippen LogP contribution in [0.4, 0.5) is 43.6 Å². The van der Waals surface area contributed by atoms with Crippen LogP contribution in [0.3, 0.4) is 0 Å². The van der Waals surface area contributed by atoms with Gasteiger partial charge in [-0.15, -0.1) is 0 Å². The van der Waals surface area contributed by atoms with Crippen molar-refractivity contribution in [2.75, 3.05) is 77.7 Å². The number of piperazine rings is 1. The van der Waals surface area contributed by atoms with Gasteiger partial charge in [0.05, 0.1) is 6.33 Å². The van der Waals surface area contributed by atoms with Crippen molar-refractivity contribution in [3.8, 4) is 11.3 Å². The van der Waals surface area contributed by atoms with Crippen LogP contribution in [0.2, 0.25) is 0 Å². The van der Waals surface area contributed by atoms with Crippen LogP contribution in [0.15, 0.2) is 67.1 Å². The zero-order valence-electron chi connectivity index (χ0n) is 34.3. The number of halogens is 1. The van der Waals surface area contributed by atoms with Gasteiger partial charge in [0.25, 0.3) is 11.8 Å². The summed E-state index contributed by atoms with van der Waals surface area (Å²) >= 11 is 0. The third-order valence-corrected chi connectivity index (χ3v) is 12.4. The first-order chi connectivity index (χ1) is 29.5. The molecular weight excluding hydrogens is 780 g/mol.